The van der Waals surface area contributed by atoms with Gasteiger partial charge in [-0.1, -0.05) is 13.8 Å². The van der Waals surface area contributed by atoms with Crippen molar-refractivity contribution < 1.29 is 9.84 Å². The molecule has 1 unspecified atom stereocenters. The van der Waals surface area contributed by atoms with Gasteiger partial charge in [-0.05, 0) is 0 Å². The van der Waals surface area contributed by atoms with Crippen LogP contribution < -0.4 is 5.32 Å². The zero-order valence-electron chi connectivity index (χ0n) is 11.5. The lowest BCUT2D eigenvalue weighted by Crippen LogP contribution is -2.32. The maximum Gasteiger partial charge on any atom is 0.150 e. The van der Waals surface area contributed by atoms with Gasteiger partial charge in [-0.25, -0.2) is 9.67 Å². The third-order valence-electron chi connectivity index (χ3n) is 2.67. The van der Waals surface area contributed by atoms with Crippen LogP contribution in [0, 0.1) is 0 Å². The van der Waals surface area contributed by atoms with E-state index in [2.05, 4.69) is 15.4 Å². The van der Waals surface area contributed by atoms with Gasteiger partial charge in [0.2, 0.25) is 0 Å². The van der Waals surface area contributed by atoms with Gasteiger partial charge >= 0.3 is 0 Å². The van der Waals surface area contributed by atoms with Crippen LogP contribution in [0.3, 0.4) is 0 Å². The molecule has 0 aromatic carbocycles. The van der Waals surface area contributed by atoms with E-state index in [4.69, 9.17) is 4.74 Å². The number of aliphatic hydroxyl groups excluding tert-OH is 1. The number of aliphatic hydroxyl groups is 1. The summed E-state index contributed by atoms with van der Waals surface area (Å²) in [5.41, 5.74) is 0. The van der Waals surface area contributed by atoms with E-state index in [1.54, 1.807) is 7.11 Å². The van der Waals surface area contributed by atoms with Crippen molar-refractivity contribution in [2.75, 3.05) is 26.8 Å². The molecule has 0 aliphatic rings. The second kappa shape index (κ2) is 8.18. The second-order valence-corrected chi connectivity index (χ2v) is 4.18. The average Bonchev–Trinajstić information content (AvgIpc) is 2.77. The first-order valence-electron chi connectivity index (χ1n) is 6.51. The third-order valence-corrected chi connectivity index (χ3v) is 2.67. The molecule has 0 radical (unpaired) electrons. The molecule has 6 heteroatoms. The Balaban J connectivity index is 2.42. The molecular formula is C12H24N4O2. The van der Waals surface area contributed by atoms with Gasteiger partial charge in [0, 0.05) is 33.0 Å². The van der Waals surface area contributed by atoms with Crippen molar-refractivity contribution in [3.8, 4) is 0 Å². The van der Waals surface area contributed by atoms with E-state index in [0.29, 0.717) is 19.7 Å². The zero-order valence-corrected chi connectivity index (χ0v) is 11.5. The highest BCUT2D eigenvalue weighted by molar-refractivity contribution is 4.93. The molecular weight excluding hydrogens is 232 g/mol. The highest BCUT2D eigenvalue weighted by atomic mass is 16.5. The predicted molar refractivity (Wildman–Crippen MR) is 69.5 cm³/mol. The minimum Gasteiger partial charge on any atom is -0.390 e. The molecule has 0 saturated heterocycles. The van der Waals surface area contributed by atoms with Crippen LogP contribution in [0.1, 0.15) is 25.5 Å². The van der Waals surface area contributed by atoms with Crippen molar-refractivity contribution in [3.63, 3.8) is 0 Å². The summed E-state index contributed by atoms with van der Waals surface area (Å²) in [5.74, 6) is 1.77. The van der Waals surface area contributed by atoms with E-state index in [1.807, 2.05) is 18.5 Å². The van der Waals surface area contributed by atoms with Crippen LogP contribution in [0.15, 0.2) is 0 Å². The molecule has 6 nitrogen and oxygen atoms in total. The van der Waals surface area contributed by atoms with E-state index < -0.39 is 6.10 Å². The van der Waals surface area contributed by atoms with E-state index in [1.165, 1.54) is 0 Å². The summed E-state index contributed by atoms with van der Waals surface area (Å²) in [6.07, 6.45) is 1.19. The molecule has 2 N–H and O–H groups in total. The van der Waals surface area contributed by atoms with Gasteiger partial charge in [0.25, 0.3) is 0 Å². The van der Waals surface area contributed by atoms with Gasteiger partial charge < -0.3 is 15.2 Å². The van der Waals surface area contributed by atoms with Crippen molar-refractivity contribution in [3.05, 3.63) is 11.6 Å². The highest BCUT2D eigenvalue weighted by Gasteiger charge is 2.11. The molecule has 0 amide bonds. The summed E-state index contributed by atoms with van der Waals surface area (Å²) in [7, 11) is 1.66. The van der Waals surface area contributed by atoms with Crippen LogP contribution in [-0.2, 0) is 24.1 Å². The molecule has 0 aliphatic carbocycles. The number of hydrogen-bond donors (Lipinski definition) is 2. The molecule has 1 rings (SSSR count). The minimum atomic E-state index is -0.460. The van der Waals surface area contributed by atoms with Crippen LogP contribution in [0.4, 0.5) is 0 Å². The summed E-state index contributed by atoms with van der Waals surface area (Å²) in [4.78, 5) is 4.41. The van der Waals surface area contributed by atoms with Crippen LogP contribution in [-0.4, -0.2) is 52.8 Å². The Labute approximate surface area is 108 Å². The molecule has 0 saturated carbocycles. The third kappa shape index (κ3) is 4.72. The maximum absolute atomic E-state index is 9.91. The fraction of sp³-hybridized carbons (Fsp3) is 0.833. The number of aryl methyl sites for hydroxylation is 2. The van der Waals surface area contributed by atoms with Crippen molar-refractivity contribution >= 4 is 0 Å². The maximum atomic E-state index is 9.91. The smallest absolute Gasteiger partial charge is 0.150 e. The number of ether oxygens (including phenoxy) is 1. The summed E-state index contributed by atoms with van der Waals surface area (Å²) in [6.45, 7) is 6.48. The summed E-state index contributed by atoms with van der Waals surface area (Å²) < 4.78 is 6.73. The van der Waals surface area contributed by atoms with E-state index >= 15 is 0 Å². The van der Waals surface area contributed by atoms with Crippen LogP contribution in [0.25, 0.3) is 0 Å². The fourth-order valence-electron chi connectivity index (χ4n) is 1.69. The summed E-state index contributed by atoms with van der Waals surface area (Å²) in [5, 5.41) is 17.4. The van der Waals surface area contributed by atoms with Gasteiger partial charge in [0.05, 0.1) is 19.3 Å². The Hall–Kier alpha value is -0.980. The molecule has 18 heavy (non-hydrogen) atoms. The van der Waals surface area contributed by atoms with Gasteiger partial charge in [-0.15, -0.1) is 0 Å². The molecule has 1 aromatic rings. The van der Waals surface area contributed by atoms with E-state index in [0.717, 1.165) is 31.0 Å². The summed E-state index contributed by atoms with van der Waals surface area (Å²) >= 11 is 0. The molecule has 1 heterocycles. The molecule has 1 aromatic heterocycles. The first-order chi connectivity index (χ1) is 8.71. The van der Waals surface area contributed by atoms with Crippen molar-refractivity contribution in [2.45, 2.75) is 39.3 Å². The molecule has 0 bridgehead atoms. The Kier molecular flexibility index (Phi) is 6.85. The molecule has 0 aliphatic heterocycles. The largest absolute Gasteiger partial charge is 0.390 e. The van der Waals surface area contributed by atoms with E-state index in [9.17, 15) is 5.11 Å². The zero-order chi connectivity index (χ0) is 13.4. The molecule has 0 fully saturated rings. The monoisotopic (exact) mass is 256 g/mol. The average molecular weight is 256 g/mol. The Morgan fingerprint density at radius 2 is 2.17 bits per heavy atom. The van der Waals surface area contributed by atoms with Gasteiger partial charge in [-0.2, -0.15) is 5.10 Å². The molecule has 104 valence electrons. The number of rotatable bonds is 9. The van der Waals surface area contributed by atoms with E-state index in [-0.39, 0.29) is 0 Å². The lowest BCUT2D eigenvalue weighted by atomic mass is 10.3. The normalized spacial score (nSPS) is 12.9. The van der Waals surface area contributed by atoms with Gasteiger partial charge in [-0.3, -0.25) is 0 Å². The fourth-order valence-corrected chi connectivity index (χ4v) is 1.69. The second-order valence-electron chi connectivity index (χ2n) is 4.18. The van der Waals surface area contributed by atoms with Gasteiger partial charge in [0.15, 0.2) is 5.82 Å². The Morgan fingerprint density at radius 3 is 2.78 bits per heavy atom. The van der Waals surface area contributed by atoms with Crippen LogP contribution >= 0.6 is 0 Å². The number of nitrogens with zero attached hydrogens (tertiary/aromatic N) is 3. The van der Waals surface area contributed by atoms with Gasteiger partial charge in [0.1, 0.15) is 5.82 Å². The minimum absolute atomic E-state index is 0.460. The van der Waals surface area contributed by atoms with Crippen molar-refractivity contribution in [2.24, 2.45) is 0 Å². The summed E-state index contributed by atoms with van der Waals surface area (Å²) in [6, 6.07) is 0. The Morgan fingerprint density at radius 1 is 1.39 bits per heavy atom. The first-order valence-corrected chi connectivity index (χ1v) is 6.51. The van der Waals surface area contributed by atoms with Crippen LogP contribution in [0.2, 0.25) is 0 Å². The lowest BCUT2D eigenvalue weighted by Gasteiger charge is -2.12. The number of aromatic nitrogens is 3. The topological polar surface area (TPSA) is 72.2 Å². The number of methoxy groups -OCH3 is 1. The Bertz CT molecular complexity index is 341. The lowest BCUT2D eigenvalue weighted by molar-refractivity contribution is 0.138. The quantitative estimate of drug-likeness (QED) is 0.609. The predicted octanol–water partition coefficient (Wildman–Crippen LogP) is -0.000200. The molecule has 1 atom stereocenters. The van der Waals surface area contributed by atoms with Crippen molar-refractivity contribution in [1.29, 1.82) is 0 Å². The number of nitrogens with one attached hydrogen (secondary N) is 1. The SMILES string of the molecule is CCc1nc(CC)n(CC(O)CNCCOC)n1. The standard InChI is InChI=1S/C12H24N4O2/c1-4-11-14-12(5-2)16(15-11)9-10(17)8-13-6-7-18-3/h10,13,17H,4-9H2,1-3H3. The van der Waals surface area contributed by atoms with Crippen molar-refractivity contribution in [1.82, 2.24) is 20.1 Å². The molecule has 0 spiro atoms. The van der Waals surface area contributed by atoms with Crippen LogP contribution in [0.5, 0.6) is 0 Å². The highest BCUT2D eigenvalue weighted by Crippen LogP contribution is 2.02. The first kappa shape index (κ1) is 15.1. The number of hydrogen-bond acceptors (Lipinski definition) is 5.